The van der Waals surface area contributed by atoms with Crippen LogP contribution in [0.1, 0.15) is 16.8 Å². The first-order valence-electron chi connectivity index (χ1n) is 6.10. The second-order valence-corrected chi connectivity index (χ2v) is 4.33. The van der Waals surface area contributed by atoms with Gasteiger partial charge in [-0.3, -0.25) is 10.0 Å². The van der Waals surface area contributed by atoms with Gasteiger partial charge in [-0.15, -0.1) is 0 Å². The van der Waals surface area contributed by atoms with E-state index in [4.69, 9.17) is 5.21 Å². The zero-order chi connectivity index (χ0) is 13.7. The second kappa shape index (κ2) is 5.96. The number of hydrogen-bond donors (Lipinski definition) is 1. The molecule has 0 spiro atoms. The lowest BCUT2D eigenvalue weighted by Crippen LogP contribution is -2.06. The van der Waals surface area contributed by atoms with Crippen molar-refractivity contribution in [3.63, 3.8) is 0 Å². The minimum Gasteiger partial charge on any atom is -0.294 e. The van der Waals surface area contributed by atoms with Gasteiger partial charge in [-0.2, -0.15) is 0 Å². The third kappa shape index (κ3) is 3.52. The van der Waals surface area contributed by atoms with E-state index in [9.17, 15) is 4.79 Å². The van der Waals surface area contributed by atoms with Crippen LogP contribution in [0.25, 0.3) is 11.1 Å². The third-order valence-corrected chi connectivity index (χ3v) is 2.85. The van der Waals surface area contributed by atoms with Crippen molar-refractivity contribution < 1.29 is 14.7 Å². The van der Waals surface area contributed by atoms with Gasteiger partial charge in [0.05, 0.1) is 6.42 Å². The highest BCUT2D eigenvalue weighted by Gasteiger charge is 2.07. The van der Waals surface area contributed by atoms with E-state index in [1.807, 2.05) is 54.6 Å². The van der Waals surface area contributed by atoms with Gasteiger partial charge in [0.1, 0.15) is 0 Å². The first kappa shape index (κ1) is 13.0. The summed E-state index contributed by atoms with van der Waals surface area (Å²) in [4.78, 5) is 11.8. The van der Waals surface area contributed by atoms with Gasteiger partial charge in [0, 0.05) is 5.56 Å². The first-order chi connectivity index (χ1) is 9.16. The Bertz CT molecular complexity index is 582. The summed E-state index contributed by atoms with van der Waals surface area (Å²) < 4.78 is 0.899. The summed E-state index contributed by atoms with van der Waals surface area (Å²) >= 11 is 0. The molecule has 0 aromatic heterocycles. The molecule has 2 rings (SSSR count). The highest BCUT2D eigenvalue weighted by Crippen LogP contribution is 2.19. The van der Waals surface area contributed by atoms with Crippen molar-refractivity contribution in [3.05, 3.63) is 60.2 Å². The van der Waals surface area contributed by atoms with Gasteiger partial charge < -0.3 is 0 Å². The Kier molecular flexibility index (Phi) is 4.08. The number of benzene rings is 2. The van der Waals surface area contributed by atoms with Gasteiger partial charge in [-0.05, 0) is 15.9 Å². The van der Waals surface area contributed by atoms with Gasteiger partial charge in [-0.25, -0.2) is 0 Å². The maximum atomic E-state index is 11.8. The summed E-state index contributed by atoms with van der Waals surface area (Å²) in [6.07, 6.45) is 1.63. The molecule has 2 aromatic carbocycles. The smallest absolute Gasteiger partial charge is 0.199 e. The van der Waals surface area contributed by atoms with E-state index in [2.05, 4.69) is 0 Å². The van der Waals surface area contributed by atoms with Gasteiger partial charge >= 0.3 is 0 Å². The fraction of sp³-hybridized carbons (Fsp3) is 0.125. The number of rotatable bonds is 4. The van der Waals surface area contributed by atoms with Gasteiger partial charge in [0.2, 0.25) is 0 Å². The molecule has 0 aliphatic heterocycles. The minimum atomic E-state index is -0.0134. The van der Waals surface area contributed by atoms with Gasteiger partial charge in [0.25, 0.3) is 0 Å². The summed E-state index contributed by atoms with van der Waals surface area (Å²) in [6.45, 7) is 0. The normalized spacial score (nSPS) is 11.3. The van der Waals surface area contributed by atoms with Crippen LogP contribution >= 0.6 is 0 Å². The van der Waals surface area contributed by atoms with E-state index in [1.165, 1.54) is 13.3 Å². The molecule has 0 heterocycles. The summed E-state index contributed by atoms with van der Waals surface area (Å²) in [5, 5.41) is 8.97. The molecule has 0 radical (unpaired) electrons. The molecule has 0 amide bonds. The molecule has 0 atom stereocenters. The summed E-state index contributed by atoms with van der Waals surface area (Å²) in [7, 11) is 1.48. The van der Waals surface area contributed by atoms with E-state index in [0.717, 1.165) is 15.9 Å². The molecule has 0 aliphatic carbocycles. The molecule has 3 nitrogen and oxygen atoms in total. The lowest BCUT2D eigenvalue weighted by atomic mass is 10.0. The molecule has 0 bridgehead atoms. The van der Waals surface area contributed by atoms with Crippen molar-refractivity contribution in [2.24, 2.45) is 0 Å². The monoisotopic (exact) mass is 254 g/mol. The predicted molar refractivity (Wildman–Crippen MR) is 74.9 cm³/mol. The van der Waals surface area contributed by atoms with Crippen molar-refractivity contribution >= 4 is 12.0 Å². The van der Waals surface area contributed by atoms with E-state index in [1.54, 1.807) is 0 Å². The van der Waals surface area contributed by atoms with Crippen LogP contribution in [0.15, 0.2) is 54.6 Å². The molecule has 0 saturated heterocycles. The maximum Gasteiger partial charge on any atom is 0.199 e. The fourth-order valence-electron chi connectivity index (χ4n) is 1.81. The molecule has 3 heteroatoms. The molecule has 0 saturated carbocycles. The predicted octanol–water partition coefficient (Wildman–Crippen LogP) is 3.03. The summed E-state index contributed by atoms with van der Waals surface area (Å²) in [5.41, 5.74) is 2.86. The number of carbonyl (C=O) groups is 1. The number of hydrogen-bond acceptors (Lipinski definition) is 2. The Morgan fingerprint density at radius 1 is 1.05 bits per heavy atom. The van der Waals surface area contributed by atoms with Crippen LogP contribution < -0.4 is 0 Å². The Morgan fingerprint density at radius 3 is 2.21 bits per heavy atom. The first-order valence-corrected chi connectivity index (χ1v) is 6.10. The lowest BCUT2D eigenvalue weighted by molar-refractivity contribution is -0.751. The standard InChI is InChI=1S/C16H16NO2/c1-17(19)12-11-16(18)15-9-7-14(8-10-15)13-5-3-2-4-6-13/h2-10,12,19H,11H2,1H3/q+1. The Balaban J connectivity index is 2.15. The van der Waals surface area contributed by atoms with Crippen molar-refractivity contribution in [2.45, 2.75) is 6.42 Å². The Morgan fingerprint density at radius 2 is 1.63 bits per heavy atom. The summed E-state index contributed by atoms with van der Waals surface area (Å²) in [6, 6.07) is 17.5. The molecule has 0 unspecified atom stereocenters. The quantitative estimate of drug-likeness (QED) is 0.299. The van der Waals surface area contributed by atoms with E-state index in [-0.39, 0.29) is 12.2 Å². The molecular formula is C16H16NO2+. The van der Waals surface area contributed by atoms with Crippen LogP contribution in [0.5, 0.6) is 0 Å². The fourth-order valence-corrected chi connectivity index (χ4v) is 1.81. The zero-order valence-corrected chi connectivity index (χ0v) is 10.8. The number of ketones is 1. The largest absolute Gasteiger partial charge is 0.294 e. The highest BCUT2D eigenvalue weighted by molar-refractivity contribution is 6.03. The number of Topliss-reactive ketones (excluding diaryl/α,β-unsaturated/α-hetero) is 1. The minimum absolute atomic E-state index is 0.0134. The van der Waals surface area contributed by atoms with Crippen LogP contribution in [0.2, 0.25) is 0 Å². The van der Waals surface area contributed by atoms with E-state index < -0.39 is 0 Å². The number of carbonyl (C=O) groups excluding carboxylic acids is 1. The Labute approximate surface area is 112 Å². The van der Waals surface area contributed by atoms with E-state index >= 15 is 0 Å². The van der Waals surface area contributed by atoms with Crippen LogP contribution in [-0.2, 0) is 0 Å². The van der Waals surface area contributed by atoms with Crippen molar-refractivity contribution in [1.82, 2.24) is 0 Å². The van der Waals surface area contributed by atoms with Crippen molar-refractivity contribution in [1.29, 1.82) is 0 Å². The topological polar surface area (TPSA) is 40.3 Å². The molecule has 0 fully saturated rings. The van der Waals surface area contributed by atoms with Crippen LogP contribution in [0.3, 0.4) is 0 Å². The van der Waals surface area contributed by atoms with Gasteiger partial charge in [0.15, 0.2) is 19.0 Å². The third-order valence-electron chi connectivity index (χ3n) is 2.85. The summed E-state index contributed by atoms with van der Waals surface area (Å²) in [5.74, 6) is -0.0134. The lowest BCUT2D eigenvalue weighted by Gasteiger charge is -2.02. The number of nitrogens with zero attached hydrogens (tertiary/aromatic N) is 1. The van der Waals surface area contributed by atoms with E-state index in [0.29, 0.717) is 5.56 Å². The zero-order valence-electron chi connectivity index (χ0n) is 10.8. The van der Waals surface area contributed by atoms with Crippen LogP contribution in [0, 0.1) is 0 Å². The molecule has 19 heavy (non-hydrogen) atoms. The van der Waals surface area contributed by atoms with Crippen molar-refractivity contribution in [2.75, 3.05) is 7.05 Å². The highest BCUT2D eigenvalue weighted by atomic mass is 16.5. The van der Waals surface area contributed by atoms with Crippen molar-refractivity contribution in [3.8, 4) is 11.1 Å². The molecule has 96 valence electrons. The molecule has 2 aromatic rings. The number of hydroxylamine groups is 1. The molecular weight excluding hydrogens is 238 g/mol. The second-order valence-electron chi connectivity index (χ2n) is 4.33. The average Bonchev–Trinajstić information content (AvgIpc) is 2.46. The maximum absolute atomic E-state index is 11.8. The average molecular weight is 254 g/mol. The molecule has 1 N–H and O–H groups in total. The van der Waals surface area contributed by atoms with Gasteiger partial charge in [-0.1, -0.05) is 54.6 Å². The molecule has 0 aliphatic rings. The van der Waals surface area contributed by atoms with Crippen LogP contribution in [-0.4, -0.2) is 29.0 Å². The SMILES string of the molecule is C[N+](O)=CCC(=O)c1ccc(-c2ccccc2)cc1. The Hall–Kier alpha value is -2.42. The van der Waals surface area contributed by atoms with Crippen LogP contribution in [0.4, 0.5) is 0 Å².